The van der Waals surface area contributed by atoms with Crippen molar-refractivity contribution in [1.29, 1.82) is 0 Å². The third-order valence-corrected chi connectivity index (χ3v) is 4.90. The minimum Gasteiger partial charge on any atom is -0.493 e. The molecule has 1 aromatic carbocycles. The molecule has 0 radical (unpaired) electrons. The number of allylic oxidation sites excluding steroid dienone is 1. The van der Waals surface area contributed by atoms with Gasteiger partial charge >= 0.3 is 5.97 Å². The third-order valence-electron chi connectivity index (χ3n) is 4.90. The summed E-state index contributed by atoms with van der Waals surface area (Å²) in [7, 11) is 0. The van der Waals surface area contributed by atoms with Crippen LogP contribution in [-0.4, -0.2) is 23.5 Å². The number of carbonyl (C=O) groups excluding carboxylic acids is 1. The van der Waals surface area contributed by atoms with E-state index in [2.05, 4.69) is 6.58 Å². The normalized spacial score (nSPS) is 14.1. The number of carbonyl (C=O) groups is 2. The molecule has 0 saturated heterocycles. The fourth-order valence-electron chi connectivity index (χ4n) is 3.24. The predicted molar refractivity (Wildman–Crippen MR) is 98.4 cm³/mol. The van der Waals surface area contributed by atoms with Crippen LogP contribution in [0.3, 0.4) is 0 Å². The molecule has 1 aliphatic carbocycles. The van der Waals surface area contributed by atoms with E-state index in [1.54, 1.807) is 13.8 Å². The number of ketones is 1. The zero-order valence-electron chi connectivity index (χ0n) is 15.3. The number of Topliss-reactive ketones (excluding diaryl/α,β-unsaturated/α-hetero) is 1. The lowest BCUT2D eigenvalue weighted by molar-refractivity contribution is -0.147. The maximum Gasteiger partial charge on any atom is 0.309 e. The largest absolute Gasteiger partial charge is 0.493 e. The summed E-state index contributed by atoms with van der Waals surface area (Å²) in [5, 5.41) is 9.14. The quantitative estimate of drug-likeness (QED) is 0.525. The molecule has 136 valence electrons. The predicted octanol–water partition coefficient (Wildman–Crippen LogP) is 4.59. The summed E-state index contributed by atoms with van der Waals surface area (Å²) in [6, 6.07) is 3.77. The smallest absolute Gasteiger partial charge is 0.309 e. The summed E-state index contributed by atoms with van der Waals surface area (Å²) in [6.07, 6.45) is 7.20. The van der Waals surface area contributed by atoms with E-state index < -0.39 is 11.4 Å². The van der Waals surface area contributed by atoms with Crippen LogP contribution in [0.5, 0.6) is 5.75 Å². The number of hydrogen-bond acceptors (Lipinski definition) is 3. The Morgan fingerprint density at radius 3 is 2.76 bits per heavy atom. The molecule has 4 nitrogen and oxygen atoms in total. The number of carboxylic acids is 1. The first kappa shape index (κ1) is 19.2. The molecule has 0 bridgehead atoms. The van der Waals surface area contributed by atoms with Crippen molar-refractivity contribution >= 4 is 11.8 Å². The molecule has 1 N–H and O–H groups in total. The highest BCUT2D eigenvalue weighted by Crippen LogP contribution is 2.32. The number of aliphatic carboxylic acids is 1. The van der Waals surface area contributed by atoms with Gasteiger partial charge in [0, 0.05) is 17.5 Å². The summed E-state index contributed by atoms with van der Waals surface area (Å²) >= 11 is 0. The highest BCUT2D eigenvalue weighted by atomic mass is 16.5. The van der Waals surface area contributed by atoms with Crippen LogP contribution in [0.1, 0.15) is 67.4 Å². The Morgan fingerprint density at radius 2 is 2.08 bits per heavy atom. The van der Waals surface area contributed by atoms with Gasteiger partial charge in [0.1, 0.15) is 5.75 Å². The van der Waals surface area contributed by atoms with Crippen LogP contribution < -0.4 is 4.74 Å². The van der Waals surface area contributed by atoms with E-state index in [0.717, 1.165) is 48.1 Å². The molecule has 0 heterocycles. The van der Waals surface area contributed by atoms with Gasteiger partial charge in [0.15, 0.2) is 5.78 Å². The van der Waals surface area contributed by atoms with E-state index in [4.69, 9.17) is 9.84 Å². The van der Waals surface area contributed by atoms with Crippen molar-refractivity contribution in [2.45, 2.75) is 58.8 Å². The topological polar surface area (TPSA) is 63.6 Å². The Bertz CT molecular complexity index is 658. The van der Waals surface area contributed by atoms with E-state index in [0.29, 0.717) is 25.9 Å². The van der Waals surface area contributed by atoms with Gasteiger partial charge in [-0.05, 0) is 70.1 Å². The molecule has 0 unspecified atom stereocenters. The molecular formula is C21H28O4. The van der Waals surface area contributed by atoms with Crippen LogP contribution in [0.2, 0.25) is 0 Å². The average molecular weight is 344 g/mol. The monoisotopic (exact) mass is 344 g/mol. The highest BCUT2D eigenvalue weighted by molar-refractivity contribution is 5.99. The fourth-order valence-corrected chi connectivity index (χ4v) is 3.24. The number of rotatable bonds is 9. The van der Waals surface area contributed by atoms with Crippen molar-refractivity contribution in [2.24, 2.45) is 5.41 Å². The molecule has 0 atom stereocenters. The van der Waals surface area contributed by atoms with E-state index in [1.165, 1.54) is 0 Å². The lowest BCUT2D eigenvalue weighted by atomic mass is 9.86. The summed E-state index contributed by atoms with van der Waals surface area (Å²) < 4.78 is 5.96. The summed E-state index contributed by atoms with van der Waals surface area (Å²) in [4.78, 5) is 23.2. The second kappa shape index (κ2) is 8.32. The standard InChI is InChI=1S/C21H28O4/c1-4-8-17-15-9-7-10-18(22)16(15)11-12-19(17)25-14-6-5-13-21(2,3)20(23)24/h4,11-12H,1,5-10,13-14H2,2-3H3,(H,23,24). The van der Waals surface area contributed by atoms with Crippen LogP contribution in [0, 0.1) is 5.41 Å². The molecule has 4 heteroatoms. The number of unbranched alkanes of at least 4 members (excludes halogenated alkanes) is 1. The number of fused-ring (bicyclic) bond motifs is 1. The summed E-state index contributed by atoms with van der Waals surface area (Å²) in [5.41, 5.74) is 2.32. The van der Waals surface area contributed by atoms with Gasteiger partial charge in [-0.3, -0.25) is 9.59 Å². The average Bonchev–Trinajstić information content (AvgIpc) is 2.56. The van der Waals surface area contributed by atoms with Crippen molar-refractivity contribution in [3.05, 3.63) is 41.5 Å². The SMILES string of the molecule is C=CCc1c(OCCCCC(C)(C)C(=O)O)ccc2c1CCCC2=O. The molecule has 1 aromatic rings. The first-order valence-electron chi connectivity index (χ1n) is 9.02. The van der Waals surface area contributed by atoms with Gasteiger partial charge < -0.3 is 9.84 Å². The van der Waals surface area contributed by atoms with Crippen molar-refractivity contribution in [1.82, 2.24) is 0 Å². The van der Waals surface area contributed by atoms with Crippen LogP contribution in [0.15, 0.2) is 24.8 Å². The number of benzene rings is 1. The van der Waals surface area contributed by atoms with Gasteiger partial charge in [0.05, 0.1) is 12.0 Å². The number of ether oxygens (including phenoxy) is 1. The molecule has 0 amide bonds. The Balaban J connectivity index is 1.99. The molecular weight excluding hydrogens is 316 g/mol. The number of hydrogen-bond donors (Lipinski definition) is 1. The molecule has 0 fully saturated rings. The van der Waals surface area contributed by atoms with Crippen molar-refractivity contribution < 1.29 is 19.4 Å². The zero-order chi connectivity index (χ0) is 18.4. The number of carboxylic acid groups (broad SMARTS) is 1. The minimum absolute atomic E-state index is 0.217. The first-order valence-corrected chi connectivity index (χ1v) is 9.02. The lowest BCUT2D eigenvalue weighted by Gasteiger charge is -2.21. The fraction of sp³-hybridized carbons (Fsp3) is 0.524. The van der Waals surface area contributed by atoms with Crippen LogP contribution in [0.25, 0.3) is 0 Å². The molecule has 25 heavy (non-hydrogen) atoms. The zero-order valence-corrected chi connectivity index (χ0v) is 15.3. The summed E-state index contributed by atoms with van der Waals surface area (Å²) in [6.45, 7) is 7.87. The van der Waals surface area contributed by atoms with Gasteiger partial charge in [0.2, 0.25) is 0 Å². The Labute approximate surface area is 149 Å². The maximum atomic E-state index is 12.1. The van der Waals surface area contributed by atoms with Crippen LogP contribution in [0.4, 0.5) is 0 Å². The lowest BCUT2D eigenvalue weighted by Crippen LogP contribution is -2.23. The third kappa shape index (κ3) is 4.71. The van der Waals surface area contributed by atoms with E-state index in [9.17, 15) is 9.59 Å². The van der Waals surface area contributed by atoms with Crippen molar-refractivity contribution in [2.75, 3.05) is 6.61 Å². The molecule has 0 saturated carbocycles. The Morgan fingerprint density at radius 1 is 1.32 bits per heavy atom. The molecule has 2 rings (SSSR count). The minimum atomic E-state index is -0.763. The van der Waals surface area contributed by atoms with Gasteiger partial charge in [0.25, 0.3) is 0 Å². The van der Waals surface area contributed by atoms with Crippen LogP contribution >= 0.6 is 0 Å². The van der Waals surface area contributed by atoms with Gasteiger partial charge in [-0.2, -0.15) is 0 Å². The molecule has 0 spiro atoms. The second-order valence-corrected chi connectivity index (χ2v) is 7.33. The molecule has 0 aromatic heterocycles. The highest BCUT2D eigenvalue weighted by Gasteiger charge is 2.26. The Hall–Kier alpha value is -2.10. The first-order chi connectivity index (χ1) is 11.9. The van der Waals surface area contributed by atoms with Crippen molar-refractivity contribution in [3.8, 4) is 5.75 Å². The van der Waals surface area contributed by atoms with Gasteiger partial charge in [-0.25, -0.2) is 0 Å². The summed E-state index contributed by atoms with van der Waals surface area (Å²) in [5.74, 6) is 0.279. The van der Waals surface area contributed by atoms with Gasteiger partial charge in [-0.1, -0.05) is 6.08 Å². The Kier molecular flexibility index (Phi) is 6.40. The van der Waals surface area contributed by atoms with Crippen molar-refractivity contribution in [3.63, 3.8) is 0 Å². The molecule has 1 aliphatic rings. The van der Waals surface area contributed by atoms with E-state index in [1.807, 2.05) is 18.2 Å². The van der Waals surface area contributed by atoms with E-state index >= 15 is 0 Å². The van der Waals surface area contributed by atoms with Gasteiger partial charge in [-0.15, -0.1) is 6.58 Å². The second-order valence-electron chi connectivity index (χ2n) is 7.33. The van der Waals surface area contributed by atoms with E-state index in [-0.39, 0.29) is 5.78 Å². The maximum absolute atomic E-state index is 12.1. The molecule has 0 aliphatic heterocycles. The van der Waals surface area contributed by atoms with Crippen LogP contribution in [-0.2, 0) is 17.6 Å².